The third-order valence-electron chi connectivity index (χ3n) is 4.34. The molecule has 2 amide bonds. The lowest BCUT2D eigenvalue weighted by atomic mass is 10.1. The van der Waals surface area contributed by atoms with Gasteiger partial charge in [0, 0.05) is 23.1 Å². The molecule has 2 N–H and O–H groups in total. The van der Waals surface area contributed by atoms with Crippen molar-refractivity contribution in [1.82, 2.24) is 4.98 Å². The summed E-state index contributed by atoms with van der Waals surface area (Å²) < 4.78 is 21.2. The molecule has 9 heteroatoms. The van der Waals surface area contributed by atoms with Crippen LogP contribution in [0.1, 0.15) is 5.56 Å². The number of amides is 2. The molecular formula is C21H23N3O5S. The number of aryl methyl sites for hydroxylation is 1. The number of thiazole rings is 1. The lowest BCUT2D eigenvalue weighted by molar-refractivity contribution is 0.262. The number of carbonyl (C=O) groups is 1. The molecule has 2 aromatic carbocycles. The summed E-state index contributed by atoms with van der Waals surface area (Å²) in [5.41, 5.74) is 3.22. The van der Waals surface area contributed by atoms with E-state index in [9.17, 15) is 4.79 Å². The number of methoxy groups -OCH3 is 4. The Morgan fingerprint density at radius 2 is 1.57 bits per heavy atom. The van der Waals surface area contributed by atoms with E-state index in [4.69, 9.17) is 18.9 Å². The molecule has 8 nitrogen and oxygen atoms in total. The molecule has 0 aliphatic carbocycles. The number of hydrogen-bond donors (Lipinski definition) is 2. The van der Waals surface area contributed by atoms with Crippen molar-refractivity contribution in [2.45, 2.75) is 6.92 Å². The first-order valence-electron chi connectivity index (χ1n) is 8.97. The van der Waals surface area contributed by atoms with E-state index >= 15 is 0 Å². The summed E-state index contributed by atoms with van der Waals surface area (Å²) in [6, 6.07) is 8.68. The number of hydrogen-bond acceptors (Lipinski definition) is 7. The summed E-state index contributed by atoms with van der Waals surface area (Å²) >= 11 is 1.34. The second kappa shape index (κ2) is 9.36. The molecule has 0 saturated carbocycles. The van der Waals surface area contributed by atoms with Crippen LogP contribution in [0.2, 0.25) is 0 Å². The van der Waals surface area contributed by atoms with Crippen molar-refractivity contribution in [2.24, 2.45) is 0 Å². The van der Waals surface area contributed by atoms with Crippen LogP contribution in [-0.2, 0) is 0 Å². The Morgan fingerprint density at radius 3 is 2.13 bits per heavy atom. The molecule has 0 saturated heterocycles. The number of urea groups is 1. The molecule has 0 fully saturated rings. The Morgan fingerprint density at radius 1 is 0.900 bits per heavy atom. The highest BCUT2D eigenvalue weighted by molar-refractivity contribution is 7.14. The Kier molecular flexibility index (Phi) is 6.63. The molecular weight excluding hydrogens is 406 g/mol. The van der Waals surface area contributed by atoms with Crippen molar-refractivity contribution < 1.29 is 23.7 Å². The highest BCUT2D eigenvalue weighted by atomic mass is 32.1. The Balaban J connectivity index is 1.72. The van der Waals surface area contributed by atoms with Crippen LogP contribution >= 0.6 is 11.3 Å². The van der Waals surface area contributed by atoms with Gasteiger partial charge in [-0.3, -0.25) is 5.32 Å². The molecule has 3 rings (SSSR count). The molecule has 0 unspecified atom stereocenters. The molecule has 3 aromatic rings. The van der Waals surface area contributed by atoms with E-state index in [1.807, 2.05) is 30.5 Å². The van der Waals surface area contributed by atoms with Crippen LogP contribution in [0.15, 0.2) is 35.7 Å². The number of anilines is 2. The van der Waals surface area contributed by atoms with Gasteiger partial charge in [0.05, 0.1) is 39.8 Å². The standard InChI is InChI=1S/C21H23N3O5S/c1-12-8-13(6-7-16(12)26-2)15-11-30-21(23-15)24-20(25)22-14-9-17(27-3)19(29-5)18(10-14)28-4/h6-11H,1-5H3,(H2,22,23,24,25). The van der Waals surface area contributed by atoms with E-state index in [2.05, 4.69) is 15.6 Å². The van der Waals surface area contributed by atoms with E-state index in [1.54, 1.807) is 19.2 Å². The number of nitrogens with one attached hydrogen (secondary N) is 2. The Labute approximate surface area is 178 Å². The van der Waals surface area contributed by atoms with E-state index < -0.39 is 6.03 Å². The third kappa shape index (κ3) is 4.57. The summed E-state index contributed by atoms with van der Waals surface area (Å²) in [7, 11) is 6.18. The summed E-state index contributed by atoms with van der Waals surface area (Å²) in [5.74, 6) is 2.15. The Bertz CT molecular complexity index is 1030. The van der Waals surface area contributed by atoms with Crippen molar-refractivity contribution in [3.05, 3.63) is 41.3 Å². The van der Waals surface area contributed by atoms with Crippen molar-refractivity contribution >= 4 is 28.2 Å². The van der Waals surface area contributed by atoms with Gasteiger partial charge in [0.2, 0.25) is 5.75 Å². The quantitative estimate of drug-likeness (QED) is 0.561. The van der Waals surface area contributed by atoms with Crippen LogP contribution in [-0.4, -0.2) is 39.5 Å². The highest BCUT2D eigenvalue weighted by Gasteiger charge is 2.15. The van der Waals surface area contributed by atoms with Gasteiger partial charge < -0.3 is 24.3 Å². The van der Waals surface area contributed by atoms with Crippen LogP contribution in [0.25, 0.3) is 11.3 Å². The van der Waals surface area contributed by atoms with Gasteiger partial charge in [-0.25, -0.2) is 9.78 Å². The van der Waals surface area contributed by atoms with Gasteiger partial charge in [0.15, 0.2) is 16.6 Å². The van der Waals surface area contributed by atoms with E-state index in [0.29, 0.717) is 28.1 Å². The zero-order valence-electron chi connectivity index (χ0n) is 17.4. The molecule has 1 aromatic heterocycles. The average molecular weight is 429 g/mol. The molecule has 0 spiro atoms. The lowest BCUT2D eigenvalue weighted by Gasteiger charge is -2.14. The predicted molar refractivity (Wildman–Crippen MR) is 118 cm³/mol. The maximum Gasteiger partial charge on any atom is 0.325 e. The summed E-state index contributed by atoms with van der Waals surface area (Å²) in [4.78, 5) is 16.9. The molecule has 30 heavy (non-hydrogen) atoms. The van der Waals surface area contributed by atoms with Crippen LogP contribution in [0.4, 0.5) is 15.6 Å². The van der Waals surface area contributed by atoms with Crippen LogP contribution in [0.3, 0.4) is 0 Å². The fourth-order valence-corrected chi connectivity index (χ4v) is 3.63. The normalized spacial score (nSPS) is 10.3. The van der Waals surface area contributed by atoms with Gasteiger partial charge >= 0.3 is 6.03 Å². The molecule has 0 aliphatic rings. The molecule has 0 bridgehead atoms. The van der Waals surface area contributed by atoms with E-state index in [1.165, 1.54) is 32.7 Å². The topological polar surface area (TPSA) is 90.9 Å². The minimum Gasteiger partial charge on any atom is -0.496 e. The zero-order valence-corrected chi connectivity index (χ0v) is 18.2. The van der Waals surface area contributed by atoms with Crippen molar-refractivity contribution in [3.8, 4) is 34.3 Å². The van der Waals surface area contributed by atoms with Crippen molar-refractivity contribution in [3.63, 3.8) is 0 Å². The molecule has 0 radical (unpaired) electrons. The molecule has 1 heterocycles. The van der Waals surface area contributed by atoms with Gasteiger partial charge in [-0.15, -0.1) is 11.3 Å². The maximum atomic E-state index is 12.4. The zero-order chi connectivity index (χ0) is 21.7. The first-order valence-corrected chi connectivity index (χ1v) is 9.85. The fourth-order valence-electron chi connectivity index (χ4n) is 2.91. The second-order valence-electron chi connectivity index (χ2n) is 6.22. The number of carbonyl (C=O) groups excluding carboxylic acids is 1. The van der Waals surface area contributed by atoms with Crippen LogP contribution < -0.4 is 29.6 Å². The minimum atomic E-state index is -0.434. The predicted octanol–water partition coefficient (Wildman–Crippen LogP) is 4.80. The highest BCUT2D eigenvalue weighted by Crippen LogP contribution is 2.40. The smallest absolute Gasteiger partial charge is 0.325 e. The first kappa shape index (κ1) is 21.3. The number of ether oxygens (including phenoxy) is 4. The summed E-state index contributed by atoms with van der Waals surface area (Å²) in [5, 5.41) is 7.85. The minimum absolute atomic E-state index is 0.434. The second-order valence-corrected chi connectivity index (χ2v) is 7.07. The van der Waals surface area contributed by atoms with Crippen LogP contribution in [0.5, 0.6) is 23.0 Å². The van der Waals surface area contributed by atoms with E-state index in [-0.39, 0.29) is 0 Å². The number of aromatic nitrogens is 1. The number of nitrogens with zero attached hydrogens (tertiary/aromatic N) is 1. The monoisotopic (exact) mass is 429 g/mol. The molecule has 0 atom stereocenters. The van der Waals surface area contributed by atoms with Gasteiger partial charge in [-0.2, -0.15) is 0 Å². The van der Waals surface area contributed by atoms with E-state index in [0.717, 1.165) is 22.6 Å². The maximum absolute atomic E-state index is 12.4. The SMILES string of the molecule is COc1ccc(-c2csc(NC(=O)Nc3cc(OC)c(OC)c(OC)c3)n2)cc1C. The van der Waals surface area contributed by atoms with Crippen LogP contribution in [0, 0.1) is 6.92 Å². The van der Waals surface area contributed by atoms with Gasteiger partial charge in [-0.1, -0.05) is 0 Å². The number of rotatable bonds is 7. The first-order chi connectivity index (χ1) is 14.5. The van der Waals surface area contributed by atoms with Gasteiger partial charge in [-0.05, 0) is 30.7 Å². The fraction of sp³-hybridized carbons (Fsp3) is 0.238. The summed E-state index contributed by atoms with van der Waals surface area (Å²) in [6.07, 6.45) is 0. The third-order valence-corrected chi connectivity index (χ3v) is 5.10. The molecule has 0 aliphatic heterocycles. The Hall–Kier alpha value is -3.46. The summed E-state index contributed by atoms with van der Waals surface area (Å²) in [6.45, 7) is 1.97. The van der Waals surface area contributed by atoms with Crippen molar-refractivity contribution in [2.75, 3.05) is 39.1 Å². The lowest BCUT2D eigenvalue weighted by Crippen LogP contribution is -2.19. The number of benzene rings is 2. The molecule has 158 valence electrons. The van der Waals surface area contributed by atoms with Crippen molar-refractivity contribution in [1.29, 1.82) is 0 Å². The van der Waals surface area contributed by atoms with Gasteiger partial charge in [0.1, 0.15) is 5.75 Å². The average Bonchev–Trinajstić information content (AvgIpc) is 3.21. The largest absolute Gasteiger partial charge is 0.496 e. The van der Waals surface area contributed by atoms with Gasteiger partial charge in [0.25, 0.3) is 0 Å².